The minimum atomic E-state index is -0.930. The van der Waals surface area contributed by atoms with Gasteiger partial charge in [0, 0.05) is 30.6 Å². The van der Waals surface area contributed by atoms with E-state index in [1.807, 2.05) is 37.9 Å². The van der Waals surface area contributed by atoms with Crippen LogP contribution in [0.15, 0.2) is 48.7 Å². The Bertz CT molecular complexity index is 2500. The average molecular weight is 835 g/mol. The highest BCUT2D eigenvalue weighted by molar-refractivity contribution is 6.07. The SMILES string of the molecule is COC(=O)NC(C(=O)N1C[C@@H](C)C[C@H]1c1nc2ccc3cc4c(cc3c2[nH]1)OCc1cc(-c2cnc([C@@H]3CC[C@H](C)N3C(=O)[C@@H](NC(=O)OC)C(C)C)[nH]2)ccc1-4)[C@H](C)OC. The van der Waals surface area contributed by atoms with E-state index < -0.39 is 30.4 Å². The number of carbonyl (C=O) groups excluding carboxylic acids is 4. The molecule has 4 amide bonds. The van der Waals surface area contributed by atoms with Crippen molar-refractivity contribution in [1.29, 1.82) is 0 Å². The number of hydrogen-bond acceptors (Lipinski definition) is 10. The molecule has 8 rings (SSSR count). The molecule has 322 valence electrons. The van der Waals surface area contributed by atoms with Crippen LogP contribution in [0.1, 0.15) is 83.2 Å². The third-order valence-corrected chi connectivity index (χ3v) is 12.6. The average Bonchev–Trinajstić information content (AvgIpc) is 4.08. The van der Waals surface area contributed by atoms with Crippen molar-refractivity contribution in [3.63, 3.8) is 0 Å². The van der Waals surface area contributed by atoms with Crippen LogP contribution in [0.25, 0.3) is 44.2 Å². The van der Waals surface area contributed by atoms with Gasteiger partial charge in [-0.1, -0.05) is 39.0 Å². The summed E-state index contributed by atoms with van der Waals surface area (Å²) in [5.41, 5.74) is 6.51. The van der Waals surface area contributed by atoms with Gasteiger partial charge in [-0.3, -0.25) is 9.59 Å². The lowest BCUT2D eigenvalue weighted by Gasteiger charge is -2.32. The van der Waals surface area contributed by atoms with Crippen molar-refractivity contribution < 1.29 is 38.1 Å². The summed E-state index contributed by atoms with van der Waals surface area (Å²) in [6.07, 6.45) is 2.17. The zero-order valence-electron chi connectivity index (χ0n) is 35.8. The quantitative estimate of drug-likeness (QED) is 0.117. The summed E-state index contributed by atoms with van der Waals surface area (Å²) >= 11 is 0. The van der Waals surface area contributed by atoms with Gasteiger partial charge in [-0.2, -0.15) is 0 Å². The van der Waals surface area contributed by atoms with E-state index in [1.54, 1.807) is 11.8 Å². The molecule has 2 aromatic heterocycles. The molecule has 3 aliphatic heterocycles. The molecular weight excluding hydrogens is 781 g/mol. The number of amides is 4. The molecule has 16 nitrogen and oxygen atoms in total. The highest BCUT2D eigenvalue weighted by Crippen LogP contribution is 2.44. The molecule has 61 heavy (non-hydrogen) atoms. The number of ether oxygens (including phenoxy) is 4. The minimum Gasteiger partial charge on any atom is -0.488 e. The molecule has 3 aliphatic rings. The number of alkyl carbamates (subject to hydrolysis) is 2. The maximum absolute atomic E-state index is 14.0. The van der Waals surface area contributed by atoms with Gasteiger partial charge in [0.05, 0.1) is 55.3 Å². The second kappa shape index (κ2) is 16.7. The lowest BCUT2D eigenvalue weighted by molar-refractivity contribution is -0.138. The standard InChI is InChI=1S/C45H54N8O8/c1-22(2)37(50-44(56)59-7)43(55)53-24(4)9-14-34(53)40-46-19-33(48-40)27-10-12-29-28(16-27)21-61-36-18-30-26(17-31(29)36)11-13-32-39(30)49-41(47-32)35-15-23(3)20-52(35)42(54)38(25(5)58-6)51-45(57)60-8/h10-13,16-19,22-25,34-35,37-38H,9,14-15,20-21H2,1-8H3,(H,46,48)(H,47,49)(H,50,56)(H,51,57)/t23-,24-,25-,34-,35-,37-,38?/m0/s1. The summed E-state index contributed by atoms with van der Waals surface area (Å²) in [4.78, 5) is 72.6. The second-order valence-corrected chi connectivity index (χ2v) is 16.9. The van der Waals surface area contributed by atoms with Crippen LogP contribution in [0.5, 0.6) is 5.75 Å². The molecular formula is C45H54N8O8. The van der Waals surface area contributed by atoms with Gasteiger partial charge in [-0.25, -0.2) is 19.6 Å². The maximum atomic E-state index is 14.0. The Morgan fingerprint density at radius 3 is 2.33 bits per heavy atom. The van der Waals surface area contributed by atoms with Crippen LogP contribution in [-0.4, -0.2) is 106 Å². The molecule has 4 N–H and O–H groups in total. The van der Waals surface area contributed by atoms with Crippen LogP contribution >= 0.6 is 0 Å². The molecule has 0 aliphatic carbocycles. The first-order valence-electron chi connectivity index (χ1n) is 20.9. The van der Waals surface area contributed by atoms with Crippen LogP contribution in [0, 0.1) is 11.8 Å². The Labute approximate surface area is 354 Å². The number of carbonyl (C=O) groups is 4. The fourth-order valence-corrected chi connectivity index (χ4v) is 9.20. The number of aromatic amines is 2. The van der Waals surface area contributed by atoms with Gasteiger partial charge in [0.25, 0.3) is 0 Å². The summed E-state index contributed by atoms with van der Waals surface area (Å²) in [6, 6.07) is 12.3. The van der Waals surface area contributed by atoms with E-state index in [9.17, 15) is 19.2 Å². The fraction of sp³-hybridized carbons (Fsp3) is 0.467. The van der Waals surface area contributed by atoms with E-state index in [2.05, 4.69) is 63.9 Å². The third kappa shape index (κ3) is 7.73. The summed E-state index contributed by atoms with van der Waals surface area (Å²) in [5.74, 6) is 1.81. The lowest BCUT2D eigenvalue weighted by Crippen LogP contribution is -2.54. The van der Waals surface area contributed by atoms with Crippen molar-refractivity contribution in [1.82, 2.24) is 40.4 Å². The van der Waals surface area contributed by atoms with Gasteiger partial charge in [0.15, 0.2) is 0 Å². The fourth-order valence-electron chi connectivity index (χ4n) is 9.20. The Morgan fingerprint density at radius 1 is 0.852 bits per heavy atom. The molecule has 0 radical (unpaired) electrons. The maximum Gasteiger partial charge on any atom is 0.407 e. The zero-order valence-corrected chi connectivity index (χ0v) is 35.8. The Balaban J connectivity index is 1.05. The summed E-state index contributed by atoms with van der Waals surface area (Å²) in [5, 5.41) is 7.35. The summed E-state index contributed by atoms with van der Waals surface area (Å²) in [7, 11) is 4.06. The number of fused-ring (bicyclic) bond motifs is 6. The number of rotatable bonds is 10. The first-order valence-corrected chi connectivity index (χ1v) is 20.9. The van der Waals surface area contributed by atoms with Crippen molar-refractivity contribution in [2.45, 2.75) is 96.8 Å². The van der Waals surface area contributed by atoms with Gasteiger partial charge in [-0.05, 0) is 91.3 Å². The van der Waals surface area contributed by atoms with Crippen molar-refractivity contribution >= 4 is 45.8 Å². The molecule has 16 heteroatoms. The zero-order chi connectivity index (χ0) is 43.3. The molecule has 0 saturated carbocycles. The molecule has 3 aromatic carbocycles. The Kier molecular flexibility index (Phi) is 11.4. The van der Waals surface area contributed by atoms with Crippen LogP contribution < -0.4 is 15.4 Å². The van der Waals surface area contributed by atoms with Crippen molar-refractivity contribution in [2.75, 3.05) is 27.9 Å². The molecule has 2 saturated heterocycles. The number of H-pyrrole nitrogens is 2. The molecule has 1 unspecified atom stereocenters. The van der Waals surface area contributed by atoms with E-state index in [4.69, 9.17) is 28.9 Å². The number of aromatic nitrogens is 4. The number of methoxy groups -OCH3 is 3. The first-order chi connectivity index (χ1) is 29.3. The number of benzene rings is 3. The van der Waals surface area contributed by atoms with Crippen LogP contribution in [0.3, 0.4) is 0 Å². The monoisotopic (exact) mass is 834 g/mol. The molecule has 5 heterocycles. The van der Waals surface area contributed by atoms with E-state index in [0.29, 0.717) is 31.2 Å². The molecule has 0 bridgehead atoms. The number of hydrogen-bond donors (Lipinski definition) is 4. The number of nitrogens with one attached hydrogen (secondary N) is 4. The van der Waals surface area contributed by atoms with Crippen molar-refractivity contribution in [3.8, 4) is 28.1 Å². The van der Waals surface area contributed by atoms with Gasteiger partial charge >= 0.3 is 12.2 Å². The van der Waals surface area contributed by atoms with E-state index in [1.165, 1.54) is 21.3 Å². The molecule has 5 aromatic rings. The highest BCUT2D eigenvalue weighted by Gasteiger charge is 2.43. The predicted octanol–water partition coefficient (Wildman–Crippen LogP) is 6.77. The molecule has 7 atom stereocenters. The van der Waals surface area contributed by atoms with E-state index in [0.717, 1.165) is 68.3 Å². The third-order valence-electron chi connectivity index (χ3n) is 12.6. The van der Waals surface area contributed by atoms with Crippen molar-refractivity contribution in [3.05, 3.63) is 65.9 Å². The molecule has 2 fully saturated rings. The number of nitrogens with zero attached hydrogens (tertiary/aromatic N) is 4. The van der Waals surface area contributed by atoms with Crippen molar-refractivity contribution in [2.24, 2.45) is 11.8 Å². The van der Waals surface area contributed by atoms with Crippen LogP contribution in [0.2, 0.25) is 0 Å². The van der Waals surface area contributed by atoms with Gasteiger partial charge in [-0.15, -0.1) is 0 Å². The topological polar surface area (TPSA) is 193 Å². The number of imidazole rings is 2. The minimum absolute atomic E-state index is 0.0195. The first kappa shape index (κ1) is 41.6. The largest absolute Gasteiger partial charge is 0.488 e. The normalized spacial score (nSPS) is 21.1. The lowest BCUT2D eigenvalue weighted by atomic mass is 9.92. The van der Waals surface area contributed by atoms with E-state index in [-0.39, 0.29) is 41.8 Å². The predicted molar refractivity (Wildman–Crippen MR) is 227 cm³/mol. The van der Waals surface area contributed by atoms with Crippen LogP contribution in [-0.2, 0) is 30.4 Å². The number of likely N-dealkylation sites (tertiary alicyclic amines) is 2. The smallest absolute Gasteiger partial charge is 0.407 e. The summed E-state index contributed by atoms with van der Waals surface area (Å²) in [6.45, 7) is 10.6. The van der Waals surface area contributed by atoms with Gasteiger partial charge in [0.1, 0.15) is 36.1 Å². The van der Waals surface area contributed by atoms with Crippen LogP contribution in [0.4, 0.5) is 9.59 Å². The highest BCUT2D eigenvalue weighted by atomic mass is 16.5. The molecule has 0 spiro atoms. The Hall–Kier alpha value is -6.16. The van der Waals surface area contributed by atoms with Gasteiger partial charge in [0.2, 0.25) is 11.8 Å². The van der Waals surface area contributed by atoms with Gasteiger partial charge < -0.3 is 49.3 Å². The summed E-state index contributed by atoms with van der Waals surface area (Å²) < 4.78 is 21.5. The second-order valence-electron chi connectivity index (χ2n) is 16.9. The Morgan fingerprint density at radius 2 is 1.61 bits per heavy atom. The van der Waals surface area contributed by atoms with E-state index >= 15 is 0 Å².